The summed E-state index contributed by atoms with van der Waals surface area (Å²) in [7, 11) is 0. The van der Waals surface area contributed by atoms with Gasteiger partial charge in [0.1, 0.15) is 5.82 Å². The van der Waals surface area contributed by atoms with Gasteiger partial charge in [0.2, 0.25) is 0 Å². The van der Waals surface area contributed by atoms with Crippen LogP contribution in [-0.2, 0) is 0 Å². The molecule has 4 heteroatoms. The molecule has 2 atom stereocenters. The van der Waals surface area contributed by atoms with Crippen LogP contribution in [0, 0.1) is 11.8 Å². The van der Waals surface area contributed by atoms with E-state index >= 15 is 0 Å². The molecule has 3 rings (SSSR count). The van der Waals surface area contributed by atoms with Crippen molar-refractivity contribution < 1.29 is 0 Å². The monoisotopic (exact) mass is 204 g/mol. The predicted octanol–water partition coefficient (Wildman–Crippen LogP) is 0.886. The third-order valence-corrected chi connectivity index (χ3v) is 3.39. The van der Waals surface area contributed by atoms with Gasteiger partial charge in [-0.15, -0.1) is 0 Å². The topological polar surface area (TPSA) is 49.8 Å². The van der Waals surface area contributed by atoms with Crippen LogP contribution in [0.5, 0.6) is 0 Å². The third kappa shape index (κ3) is 1.95. The number of nitrogens with one attached hydrogen (secondary N) is 2. The minimum Gasteiger partial charge on any atom is -0.364 e. The van der Waals surface area contributed by atoms with Crippen LogP contribution in [0.1, 0.15) is 12.8 Å². The molecule has 15 heavy (non-hydrogen) atoms. The van der Waals surface area contributed by atoms with E-state index in [4.69, 9.17) is 0 Å². The van der Waals surface area contributed by atoms with Gasteiger partial charge in [-0.25, -0.2) is 4.98 Å². The second-order valence-electron chi connectivity index (χ2n) is 4.50. The molecule has 1 aromatic heterocycles. The van der Waals surface area contributed by atoms with E-state index in [0.717, 1.165) is 30.7 Å². The molecule has 2 fully saturated rings. The number of anilines is 1. The van der Waals surface area contributed by atoms with E-state index in [-0.39, 0.29) is 0 Å². The Morgan fingerprint density at radius 1 is 1.27 bits per heavy atom. The van der Waals surface area contributed by atoms with Crippen molar-refractivity contribution in [2.24, 2.45) is 11.8 Å². The van der Waals surface area contributed by atoms with Gasteiger partial charge < -0.3 is 10.6 Å². The van der Waals surface area contributed by atoms with Gasteiger partial charge in [-0.1, -0.05) is 0 Å². The molecule has 0 amide bonds. The van der Waals surface area contributed by atoms with E-state index in [1.165, 1.54) is 12.8 Å². The summed E-state index contributed by atoms with van der Waals surface area (Å²) in [6.07, 6.45) is 8.05. The molecule has 1 saturated carbocycles. The summed E-state index contributed by atoms with van der Waals surface area (Å²) in [6.45, 7) is 2.21. The van der Waals surface area contributed by atoms with Crippen LogP contribution in [0.15, 0.2) is 18.6 Å². The van der Waals surface area contributed by atoms with E-state index in [0.29, 0.717) is 6.04 Å². The molecular weight excluding hydrogens is 188 g/mol. The fourth-order valence-corrected chi connectivity index (χ4v) is 2.44. The van der Waals surface area contributed by atoms with Crippen molar-refractivity contribution >= 4 is 5.82 Å². The molecule has 0 unspecified atom stereocenters. The number of nitrogens with zero attached hydrogens (tertiary/aromatic N) is 2. The third-order valence-electron chi connectivity index (χ3n) is 3.39. The van der Waals surface area contributed by atoms with Crippen LogP contribution >= 0.6 is 0 Å². The van der Waals surface area contributed by atoms with Crippen LogP contribution in [0.3, 0.4) is 0 Å². The summed E-state index contributed by atoms with van der Waals surface area (Å²) < 4.78 is 0. The highest BCUT2D eigenvalue weighted by molar-refractivity contribution is 5.32. The van der Waals surface area contributed by atoms with Crippen molar-refractivity contribution in [1.82, 2.24) is 15.3 Å². The van der Waals surface area contributed by atoms with Crippen molar-refractivity contribution in [3.63, 3.8) is 0 Å². The van der Waals surface area contributed by atoms with Gasteiger partial charge in [0.25, 0.3) is 0 Å². The Labute approximate surface area is 89.5 Å². The van der Waals surface area contributed by atoms with Crippen molar-refractivity contribution in [2.45, 2.75) is 18.9 Å². The summed E-state index contributed by atoms with van der Waals surface area (Å²) in [5, 5.41) is 6.93. The van der Waals surface area contributed by atoms with Crippen LogP contribution in [0.4, 0.5) is 5.82 Å². The van der Waals surface area contributed by atoms with Gasteiger partial charge in [-0.3, -0.25) is 4.98 Å². The maximum absolute atomic E-state index is 4.26. The first-order valence-corrected chi connectivity index (χ1v) is 5.67. The molecule has 2 N–H and O–H groups in total. The maximum Gasteiger partial charge on any atom is 0.144 e. The van der Waals surface area contributed by atoms with E-state index in [1.54, 1.807) is 18.6 Å². The average molecular weight is 204 g/mol. The second-order valence-corrected chi connectivity index (χ2v) is 4.50. The smallest absolute Gasteiger partial charge is 0.144 e. The van der Waals surface area contributed by atoms with E-state index in [1.807, 2.05) is 0 Å². The highest BCUT2D eigenvalue weighted by atomic mass is 15.1. The fraction of sp³-hybridized carbons (Fsp3) is 0.636. The van der Waals surface area contributed by atoms with Crippen molar-refractivity contribution in [3.05, 3.63) is 18.6 Å². The summed E-state index contributed by atoms with van der Waals surface area (Å²) >= 11 is 0. The van der Waals surface area contributed by atoms with Gasteiger partial charge in [-0.05, 0) is 24.7 Å². The van der Waals surface area contributed by atoms with Crippen molar-refractivity contribution in [2.75, 3.05) is 18.4 Å². The zero-order valence-corrected chi connectivity index (χ0v) is 8.69. The van der Waals surface area contributed by atoms with Crippen LogP contribution in [0.2, 0.25) is 0 Å². The lowest BCUT2D eigenvalue weighted by Crippen LogP contribution is -2.29. The molecule has 4 nitrogen and oxygen atoms in total. The van der Waals surface area contributed by atoms with Crippen molar-refractivity contribution in [1.29, 1.82) is 0 Å². The summed E-state index contributed by atoms with van der Waals surface area (Å²) in [4.78, 5) is 8.32. The van der Waals surface area contributed by atoms with Gasteiger partial charge in [0.15, 0.2) is 0 Å². The van der Waals surface area contributed by atoms with Crippen LogP contribution in [-0.4, -0.2) is 29.1 Å². The second kappa shape index (κ2) is 3.77. The number of hydrogen-bond acceptors (Lipinski definition) is 4. The minimum absolute atomic E-state index is 0.536. The summed E-state index contributed by atoms with van der Waals surface area (Å²) in [6, 6.07) is 0.536. The molecule has 2 heterocycles. The standard InChI is InChI=1S/C11H16N4/c1-2-8(1)9-5-13-6-10(9)15-11-7-12-3-4-14-11/h3-4,7-10,13H,1-2,5-6H2,(H,14,15)/t9-,10-/m0/s1. The maximum atomic E-state index is 4.26. The van der Waals surface area contributed by atoms with E-state index < -0.39 is 0 Å². The largest absolute Gasteiger partial charge is 0.364 e. The highest BCUT2D eigenvalue weighted by Gasteiger charge is 2.39. The molecule has 0 bridgehead atoms. The van der Waals surface area contributed by atoms with Crippen molar-refractivity contribution in [3.8, 4) is 0 Å². The van der Waals surface area contributed by atoms with Gasteiger partial charge in [0.05, 0.1) is 6.20 Å². The normalized spacial score (nSPS) is 30.4. The molecule has 1 aromatic rings. The number of rotatable bonds is 3. The Morgan fingerprint density at radius 2 is 2.20 bits per heavy atom. The number of hydrogen-bond donors (Lipinski definition) is 2. The first-order chi connectivity index (χ1) is 7.43. The molecule has 0 radical (unpaired) electrons. The van der Waals surface area contributed by atoms with E-state index in [9.17, 15) is 0 Å². The van der Waals surface area contributed by atoms with Gasteiger partial charge >= 0.3 is 0 Å². The molecule has 0 spiro atoms. The number of aromatic nitrogens is 2. The molecule has 2 aliphatic rings. The van der Waals surface area contributed by atoms with Gasteiger partial charge in [-0.2, -0.15) is 0 Å². The Kier molecular flexibility index (Phi) is 2.29. The molecule has 1 aliphatic heterocycles. The lowest BCUT2D eigenvalue weighted by molar-refractivity contribution is 0.473. The van der Waals surface area contributed by atoms with Crippen LogP contribution < -0.4 is 10.6 Å². The molecule has 0 aromatic carbocycles. The molecular formula is C11H16N4. The molecule has 1 aliphatic carbocycles. The molecule has 80 valence electrons. The van der Waals surface area contributed by atoms with E-state index in [2.05, 4.69) is 20.6 Å². The predicted molar refractivity (Wildman–Crippen MR) is 58.5 cm³/mol. The lowest BCUT2D eigenvalue weighted by atomic mass is 9.98. The average Bonchev–Trinajstić information content (AvgIpc) is 3.02. The fourth-order valence-electron chi connectivity index (χ4n) is 2.44. The lowest BCUT2D eigenvalue weighted by Gasteiger charge is -2.19. The van der Waals surface area contributed by atoms with Crippen LogP contribution in [0.25, 0.3) is 0 Å². The zero-order chi connectivity index (χ0) is 10.1. The quantitative estimate of drug-likeness (QED) is 0.767. The Hall–Kier alpha value is -1.16. The Morgan fingerprint density at radius 3 is 2.93 bits per heavy atom. The first-order valence-electron chi connectivity index (χ1n) is 5.67. The summed E-state index contributed by atoms with van der Waals surface area (Å²) in [5.41, 5.74) is 0. The zero-order valence-electron chi connectivity index (χ0n) is 8.69. The summed E-state index contributed by atoms with van der Waals surface area (Å²) in [5.74, 6) is 2.62. The molecule has 1 saturated heterocycles. The van der Waals surface area contributed by atoms with Gasteiger partial charge in [0, 0.05) is 31.5 Å². The SMILES string of the molecule is c1cnc(N[C@H]2CNC[C@H]2C2CC2)cn1. The minimum atomic E-state index is 0.536. The highest BCUT2D eigenvalue weighted by Crippen LogP contribution is 2.40. The Bertz CT molecular complexity index is 323. The Balaban J connectivity index is 1.67. The first kappa shape index (κ1) is 9.09.